The lowest BCUT2D eigenvalue weighted by atomic mass is 9.83. The third-order valence-corrected chi connectivity index (χ3v) is 5.10. The number of benzene rings is 1. The van der Waals surface area contributed by atoms with Crippen LogP contribution in [0.25, 0.3) is 0 Å². The molecule has 2 amide bonds. The van der Waals surface area contributed by atoms with Crippen LogP contribution in [0.5, 0.6) is 0 Å². The summed E-state index contributed by atoms with van der Waals surface area (Å²) in [6, 6.07) is 0.939. The normalized spacial score (nSPS) is 20.7. The lowest BCUT2D eigenvalue weighted by Crippen LogP contribution is -2.53. The van der Waals surface area contributed by atoms with Gasteiger partial charge in [-0.25, -0.2) is 8.78 Å². The molecule has 0 aromatic heterocycles. The minimum Gasteiger partial charge on any atom is -0.388 e. The number of hydrogen-bond acceptors (Lipinski definition) is 3. The number of fused-ring (bicyclic) bond motifs is 1. The highest BCUT2D eigenvalue weighted by Crippen LogP contribution is 2.37. The Kier molecular flexibility index (Phi) is 5.42. The van der Waals surface area contributed by atoms with Crippen molar-refractivity contribution in [1.29, 1.82) is 0 Å². The Balaban J connectivity index is 0.00000240. The van der Waals surface area contributed by atoms with Gasteiger partial charge in [0.15, 0.2) is 0 Å². The zero-order valence-corrected chi connectivity index (χ0v) is 16.0. The quantitative estimate of drug-likeness (QED) is 0.663. The van der Waals surface area contributed by atoms with E-state index in [1.54, 1.807) is 13.3 Å². The van der Waals surface area contributed by atoms with Crippen molar-refractivity contribution >= 4 is 11.8 Å². The Morgan fingerprint density at radius 2 is 2.00 bits per heavy atom. The Hall–Kier alpha value is -2.84. The number of carbonyl (C=O) groups excluding carboxylic acids is 2. The summed E-state index contributed by atoms with van der Waals surface area (Å²) >= 11 is 0. The van der Waals surface area contributed by atoms with Gasteiger partial charge in [-0.2, -0.15) is 8.78 Å². The van der Waals surface area contributed by atoms with E-state index >= 15 is 0 Å². The van der Waals surface area contributed by atoms with E-state index in [0.29, 0.717) is 23.9 Å². The van der Waals surface area contributed by atoms with E-state index in [1.165, 1.54) is 13.8 Å². The van der Waals surface area contributed by atoms with Crippen molar-refractivity contribution in [2.75, 3.05) is 6.54 Å². The number of alkyl halides is 2. The van der Waals surface area contributed by atoms with Crippen LogP contribution in [0.15, 0.2) is 40.6 Å². The van der Waals surface area contributed by atoms with Crippen molar-refractivity contribution in [2.45, 2.75) is 38.8 Å². The third-order valence-electron chi connectivity index (χ3n) is 5.10. The molecule has 0 saturated carbocycles. The second kappa shape index (κ2) is 7.53. The van der Waals surface area contributed by atoms with E-state index < -0.39 is 47.0 Å². The van der Waals surface area contributed by atoms with Crippen molar-refractivity contribution < 1.29 is 30.0 Å². The summed E-state index contributed by atoms with van der Waals surface area (Å²) in [5.41, 5.74) is 0.0189. The Morgan fingerprint density at radius 1 is 1.31 bits per heavy atom. The molecule has 29 heavy (non-hydrogen) atoms. The number of amides is 2. The first kappa shape index (κ1) is 20.9. The van der Waals surface area contributed by atoms with Gasteiger partial charge in [-0.15, -0.1) is 0 Å². The van der Waals surface area contributed by atoms with Gasteiger partial charge in [0.1, 0.15) is 11.6 Å². The van der Waals surface area contributed by atoms with Crippen molar-refractivity contribution in [3.05, 3.63) is 64.2 Å². The largest absolute Gasteiger partial charge is 0.388 e. The summed E-state index contributed by atoms with van der Waals surface area (Å²) < 4.78 is 56.9. The number of nitrogens with one attached hydrogen (secondary N) is 3. The maximum atomic E-state index is 15.0. The van der Waals surface area contributed by atoms with E-state index in [1.807, 2.05) is 5.32 Å². The molecule has 0 spiro atoms. The fourth-order valence-corrected chi connectivity index (χ4v) is 3.65. The molecule has 159 valence electrons. The first-order chi connectivity index (χ1) is 13.5. The highest BCUT2D eigenvalue weighted by atomic mass is 19.3. The van der Waals surface area contributed by atoms with Gasteiger partial charge in [-0.1, -0.05) is 6.07 Å². The van der Waals surface area contributed by atoms with Crippen LogP contribution < -0.4 is 16.0 Å². The monoisotopic (exact) mass is 414 g/mol. The number of hydrogen-bond donors (Lipinski definition) is 3. The van der Waals surface area contributed by atoms with Crippen molar-refractivity contribution in [1.82, 2.24) is 16.0 Å². The van der Waals surface area contributed by atoms with Gasteiger partial charge in [-0.3, -0.25) is 9.59 Å². The van der Waals surface area contributed by atoms with Gasteiger partial charge in [-0.05, 0) is 38.0 Å². The van der Waals surface area contributed by atoms with Crippen LogP contribution in [0.4, 0.5) is 17.6 Å². The SMILES string of the molecule is CC1=C2C(C)=C(C(F)(F)C(=O)N[C@@H](C)c3ccc(F)cc3F)C(=O)NC2[CH]CN1.[HH].[HH]. The molecule has 1 unspecified atom stereocenters. The van der Waals surface area contributed by atoms with Crippen LogP contribution in [0.1, 0.15) is 35.2 Å². The fourth-order valence-electron chi connectivity index (χ4n) is 3.65. The molecular weight excluding hydrogens is 390 g/mol. The molecule has 1 aromatic carbocycles. The van der Waals surface area contributed by atoms with E-state index in [9.17, 15) is 27.2 Å². The number of rotatable bonds is 4. The summed E-state index contributed by atoms with van der Waals surface area (Å²) in [4.78, 5) is 24.7. The first-order valence-corrected chi connectivity index (χ1v) is 8.98. The summed E-state index contributed by atoms with van der Waals surface area (Å²) in [5, 5.41) is 7.50. The average molecular weight is 414 g/mol. The summed E-state index contributed by atoms with van der Waals surface area (Å²) in [5.74, 6) is -8.75. The van der Waals surface area contributed by atoms with Crippen molar-refractivity contribution in [3.8, 4) is 0 Å². The van der Waals surface area contributed by atoms with Crippen LogP contribution in [-0.2, 0) is 9.59 Å². The van der Waals surface area contributed by atoms with Gasteiger partial charge in [0.25, 0.3) is 11.8 Å². The molecule has 2 heterocycles. The third kappa shape index (κ3) is 3.73. The van der Waals surface area contributed by atoms with E-state index in [-0.39, 0.29) is 14.0 Å². The molecule has 2 atom stereocenters. The Labute approximate surface area is 168 Å². The lowest BCUT2D eigenvalue weighted by molar-refractivity contribution is -0.144. The molecule has 1 radical (unpaired) electrons. The zero-order valence-electron chi connectivity index (χ0n) is 16.0. The maximum Gasteiger partial charge on any atom is 0.355 e. The molecule has 1 aromatic rings. The highest BCUT2D eigenvalue weighted by Gasteiger charge is 2.51. The number of carbonyl (C=O) groups is 2. The topological polar surface area (TPSA) is 70.2 Å². The Morgan fingerprint density at radius 3 is 2.66 bits per heavy atom. The van der Waals surface area contributed by atoms with Gasteiger partial charge in [0.2, 0.25) is 0 Å². The van der Waals surface area contributed by atoms with Crippen molar-refractivity contribution in [3.63, 3.8) is 0 Å². The fraction of sp³-hybridized carbons (Fsp3) is 0.350. The molecule has 2 aliphatic rings. The van der Waals surface area contributed by atoms with Crippen LogP contribution in [-0.4, -0.2) is 30.3 Å². The molecular formula is C20H24F4N3O2. The standard InChI is InChI=1S/C20H20F4N3O2.2H2/c1-9-16-11(3)25-7-6-15(16)27-18(28)17(9)20(23,24)19(29)26-10(2)13-5-4-12(21)8-14(13)22;;/h4-6,8,10,15,25H,7H2,1-3H3,(H,26,29)(H,27,28);2*1H/t10-,15?;;/m0../s1. The predicted molar refractivity (Wildman–Crippen MR) is 102 cm³/mol. The van der Waals surface area contributed by atoms with Crippen molar-refractivity contribution in [2.24, 2.45) is 0 Å². The zero-order chi connectivity index (χ0) is 21.5. The first-order valence-electron chi connectivity index (χ1n) is 8.98. The molecule has 0 saturated heterocycles. The molecule has 0 aliphatic carbocycles. The second-order valence-electron chi connectivity index (χ2n) is 7.04. The van der Waals surface area contributed by atoms with Crippen LogP contribution in [0.3, 0.4) is 0 Å². The molecule has 5 nitrogen and oxygen atoms in total. The van der Waals surface area contributed by atoms with E-state index in [0.717, 1.165) is 12.1 Å². The lowest BCUT2D eigenvalue weighted by Gasteiger charge is -2.36. The summed E-state index contributed by atoms with van der Waals surface area (Å²) in [6.45, 7) is 4.83. The molecule has 3 N–H and O–H groups in total. The minimum absolute atomic E-state index is 0. The van der Waals surface area contributed by atoms with Crippen LogP contribution in [0.2, 0.25) is 0 Å². The van der Waals surface area contributed by atoms with Crippen LogP contribution >= 0.6 is 0 Å². The van der Waals surface area contributed by atoms with E-state index in [2.05, 4.69) is 10.6 Å². The predicted octanol–water partition coefficient (Wildman–Crippen LogP) is 3.17. The summed E-state index contributed by atoms with van der Waals surface area (Å²) in [7, 11) is 0. The number of halogens is 4. The van der Waals surface area contributed by atoms with Gasteiger partial charge < -0.3 is 16.0 Å². The second-order valence-corrected chi connectivity index (χ2v) is 7.04. The molecule has 0 fully saturated rings. The minimum atomic E-state index is -4.16. The average Bonchev–Trinajstić information content (AvgIpc) is 2.60. The highest BCUT2D eigenvalue weighted by molar-refractivity contribution is 6.06. The van der Waals surface area contributed by atoms with E-state index in [4.69, 9.17) is 0 Å². The van der Waals surface area contributed by atoms with Gasteiger partial charge in [0.05, 0.1) is 17.7 Å². The van der Waals surface area contributed by atoms with Gasteiger partial charge >= 0.3 is 5.92 Å². The summed E-state index contributed by atoms with van der Waals surface area (Å²) in [6.07, 6.45) is 1.73. The molecule has 3 rings (SSSR count). The number of allylic oxidation sites excluding steroid dienone is 1. The molecule has 0 bridgehead atoms. The maximum absolute atomic E-state index is 15.0. The van der Waals surface area contributed by atoms with Crippen LogP contribution in [0, 0.1) is 18.1 Å². The van der Waals surface area contributed by atoms with Gasteiger partial charge in [0, 0.05) is 33.1 Å². The smallest absolute Gasteiger partial charge is 0.355 e. The Bertz CT molecular complexity index is 950. The molecule has 2 aliphatic heterocycles. The molecule has 9 heteroatoms.